The molecule has 128 valence electrons. The Bertz CT molecular complexity index is 716. The maximum Gasteiger partial charge on any atom is 0.411 e. The molecule has 0 saturated carbocycles. The van der Waals surface area contributed by atoms with Gasteiger partial charge in [-0.05, 0) is 49.6 Å². The first-order valence-corrected chi connectivity index (χ1v) is 8.35. The zero-order valence-corrected chi connectivity index (χ0v) is 14.9. The molecule has 0 aromatic heterocycles. The number of nitrogens with one attached hydrogen (secondary N) is 1. The molecule has 4 nitrogen and oxygen atoms in total. The highest BCUT2D eigenvalue weighted by Crippen LogP contribution is 2.25. The van der Waals surface area contributed by atoms with Crippen molar-refractivity contribution in [2.24, 2.45) is 0 Å². The van der Waals surface area contributed by atoms with Crippen LogP contribution in [0.4, 0.5) is 10.5 Å². The van der Waals surface area contributed by atoms with Crippen molar-refractivity contribution in [3.05, 3.63) is 58.1 Å². The van der Waals surface area contributed by atoms with Crippen LogP contribution in [0.2, 0.25) is 5.02 Å². The first kappa shape index (κ1) is 18.1. The number of aryl methyl sites for hydroxylation is 2. The number of halogens is 1. The Hall–Kier alpha value is -2.20. The van der Waals surface area contributed by atoms with Gasteiger partial charge in [-0.15, -0.1) is 0 Å². The van der Waals surface area contributed by atoms with E-state index in [4.69, 9.17) is 21.1 Å². The lowest BCUT2D eigenvalue weighted by molar-refractivity contribution is 0.168. The van der Waals surface area contributed by atoms with Crippen LogP contribution in [0.15, 0.2) is 36.4 Å². The van der Waals surface area contributed by atoms with Crippen LogP contribution in [-0.2, 0) is 17.8 Å². The zero-order valence-electron chi connectivity index (χ0n) is 14.2. The molecular formula is C19H22ClNO3. The van der Waals surface area contributed by atoms with Gasteiger partial charge in [-0.2, -0.15) is 0 Å². The number of hydrogen-bond donors (Lipinski definition) is 1. The third-order valence-corrected chi connectivity index (χ3v) is 3.85. The lowest BCUT2D eigenvalue weighted by Crippen LogP contribution is -2.15. The molecule has 2 rings (SSSR count). The van der Waals surface area contributed by atoms with E-state index in [1.54, 1.807) is 19.1 Å². The van der Waals surface area contributed by atoms with Gasteiger partial charge in [0.05, 0.1) is 12.3 Å². The summed E-state index contributed by atoms with van der Waals surface area (Å²) < 4.78 is 10.8. The molecule has 2 aromatic rings. The van der Waals surface area contributed by atoms with Crippen molar-refractivity contribution >= 4 is 23.4 Å². The van der Waals surface area contributed by atoms with Gasteiger partial charge >= 0.3 is 6.09 Å². The average molecular weight is 348 g/mol. The third-order valence-electron chi connectivity index (χ3n) is 3.61. The summed E-state index contributed by atoms with van der Waals surface area (Å²) in [5.41, 5.74) is 3.77. The van der Waals surface area contributed by atoms with E-state index in [9.17, 15) is 4.79 Å². The Kier molecular flexibility index (Phi) is 6.50. The van der Waals surface area contributed by atoms with Gasteiger partial charge < -0.3 is 9.47 Å². The lowest BCUT2D eigenvalue weighted by atomic mass is 10.1. The van der Waals surface area contributed by atoms with Crippen LogP contribution in [0.25, 0.3) is 0 Å². The van der Waals surface area contributed by atoms with E-state index in [0.29, 0.717) is 23.9 Å². The molecule has 0 saturated heterocycles. The minimum atomic E-state index is -0.510. The van der Waals surface area contributed by atoms with Crippen LogP contribution in [-0.4, -0.2) is 12.7 Å². The molecule has 1 N–H and O–H groups in total. The highest BCUT2D eigenvalue weighted by atomic mass is 35.5. The third kappa shape index (κ3) is 4.90. The van der Waals surface area contributed by atoms with Gasteiger partial charge in [-0.3, -0.25) is 5.32 Å². The Morgan fingerprint density at radius 1 is 1.17 bits per heavy atom. The summed E-state index contributed by atoms with van der Waals surface area (Å²) in [6, 6.07) is 11.4. The van der Waals surface area contributed by atoms with Crippen molar-refractivity contribution in [1.29, 1.82) is 0 Å². The molecule has 0 spiro atoms. The van der Waals surface area contributed by atoms with Gasteiger partial charge in [0.1, 0.15) is 12.4 Å². The quantitative estimate of drug-likeness (QED) is 0.765. The molecule has 0 aliphatic rings. The van der Waals surface area contributed by atoms with E-state index in [-0.39, 0.29) is 0 Å². The lowest BCUT2D eigenvalue weighted by Gasteiger charge is -2.14. The number of hydrogen-bond acceptors (Lipinski definition) is 3. The number of carbonyl (C=O) groups is 1. The van der Waals surface area contributed by atoms with Crippen LogP contribution in [0.3, 0.4) is 0 Å². The van der Waals surface area contributed by atoms with Crippen molar-refractivity contribution < 1.29 is 14.3 Å². The summed E-state index contributed by atoms with van der Waals surface area (Å²) >= 11 is 6.02. The molecule has 5 heteroatoms. The molecule has 0 aliphatic heterocycles. The topological polar surface area (TPSA) is 47.6 Å². The summed E-state index contributed by atoms with van der Waals surface area (Å²) in [5, 5.41) is 3.23. The Balaban J connectivity index is 2.13. The Morgan fingerprint density at radius 3 is 2.62 bits per heavy atom. The summed E-state index contributed by atoms with van der Waals surface area (Å²) in [4.78, 5) is 11.7. The molecule has 0 unspecified atom stereocenters. The smallest absolute Gasteiger partial charge is 0.411 e. The van der Waals surface area contributed by atoms with Crippen molar-refractivity contribution in [2.45, 2.75) is 33.8 Å². The number of carbonyl (C=O) groups excluding carboxylic acids is 1. The molecule has 0 bridgehead atoms. The Morgan fingerprint density at radius 2 is 1.96 bits per heavy atom. The molecule has 0 atom stereocenters. The number of ether oxygens (including phenoxy) is 2. The molecule has 1 amide bonds. The maximum absolute atomic E-state index is 11.7. The fraction of sp³-hybridized carbons (Fsp3) is 0.316. The molecule has 0 fully saturated rings. The Labute approximate surface area is 147 Å². The predicted molar refractivity (Wildman–Crippen MR) is 97.0 cm³/mol. The van der Waals surface area contributed by atoms with Gasteiger partial charge in [0, 0.05) is 10.6 Å². The molecular weight excluding hydrogens is 326 g/mol. The number of amides is 1. The SMILES string of the molecule is CCOC(=O)Nc1cc(Cl)ccc1COc1ccc(CC)cc1C. The highest BCUT2D eigenvalue weighted by Gasteiger charge is 2.10. The van der Waals surface area contributed by atoms with E-state index in [0.717, 1.165) is 23.3 Å². The van der Waals surface area contributed by atoms with Crippen LogP contribution in [0.1, 0.15) is 30.5 Å². The average Bonchev–Trinajstić information content (AvgIpc) is 2.55. The number of benzene rings is 2. The van der Waals surface area contributed by atoms with Gasteiger partial charge in [0.25, 0.3) is 0 Å². The maximum atomic E-state index is 11.7. The minimum absolute atomic E-state index is 0.307. The van der Waals surface area contributed by atoms with Crippen molar-refractivity contribution in [2.75, 3.05) is 11.9 Å². The van der Waals surface area contributed by atoms with Crippen molar-refractivity contribution in [1.82, 2.24) is 0 Å². The fourth-order valence-corrected chi connectivity index (χ4v) is 2.49. The standard InChI is InChI=1S/C19H22ClNO3/c1-4-14-6-9-18(13(3)10-14)24-12-15-7-8-16(20)11-17(15)21-19(22)23-5-2/h6-11H,4-5,12H2,1-3H3,(H,21,22). The van der Waals surface area contributed by atoms with Crippen LogP contribution in [0, 0.1) is 6.92 Å². The van der Waals surface area contributed by atoms with Gasteiger partial charge in [-0.1, -0.05) is 36.7 Å². The molecule has 0 heterocycles. The van der Waals surface area contributed by atoms with Gasteiger partial charge in [-0.25, -0.2) is 4.79 Å². The first-order valence-electron chi connectivity index (χ1n) is 7.98. The van der Waals surface area contributed by atoms with Crippen LogP contribution in [0.5, 0.6) is 5.75 Å². The van der Waals surface area contributed by atoms with Crippen LogP contribution < -0.4 is 10.1 Å². The monoisotopic (exact) mass is 347 g/mol. The molecule has 0 radical (unpaired) electrons. The fourth-order valence-electron chi connectivity index (χ4n) is 2.32. The number of anilines is 1. The predicted octanol–water partition coefficient (Wildman–Crippen LogP) is 5.36. The van der Waals surface area contributed by atoms with E-state index in [2.05, 4.69) is 24.4 Å². The summed E-state index contributed by atoms with van der Waals surface area (Å²) in [6.45, 7) is 6.53. The van der Waals surface area contributed by atoms with Gasteiger partial charge in [0.15, 0.2) is 0 Å². The largest absolute Gasteiger partial charge is 0.489 e. The van der Waals surface area contributed by atoms with Crippen molar-refractivity contribution in [3.63, 3.8) is 0 Å². The van der Waals surface area contributed by atoms with E-state index in [1.807, 2.05) is 19.1 Å². The van der Waals surface area contributed by atoms with E-state index >= 15 is 0 Å². The van der Waals surface area contributed by atoms with E-state index in [1.165, 1.54) is 5.56 Å². The van der Waals surface area contributed by atoms with Crippen LogP contribution >= 0.6 is 11.6 Å². The number of rotatable bonds is 6. The van der Waals surface area contributed by atoms with Crippen molar-refractivity contribution in [3.8, 4) is 5.75 Å². The second-order valence-corrected chi connectivity index (χ2v) is 5.83. The highest BCUT2D eigenvalue weighted by molar-refractivity contribution is 6.31. The first-order chi connectivity index (χ1) is 11.5. The van der Waals surface area contributed by atoms with Gasteiger partial charge in [0.2, 0.25) is 0 Å². The zero-order chi connectivity index (χ0) is 17.5. The minimum Gasteiger partial charge on any atom is -0.489 e. The second-order valence-electron chi connectivity index (χ2n) is 5.39. The molecule has 24 heavy (non-hydrogen) atoms. The summed E-state index contributed by atoms with van der Waals surface area (Å²) in [5.74, 6) is 0.823. The molecule has 2 aromatic carbocycles. The normalized spacial score (nSPS) is 10.3. The summed E-state index contributed by atoms with van der Waals surface area (Å²) in [7, 11) is 0. The summed E-state index contributed by atoms with van der Waals surface area (Å²) in [6.07, 6.45) is 0.482. The second kappa shape index (κ2) is 8.60. The molecule has 0 aliphatic carbocycles. The van der Waals surface area contributed by atoms with E-state index < -0.39 is 6.09 Å².